The van der Waals surface area contributed by atoms with Crippen molar-refractivity contribution in [2.45, 2.75) is 45.3 Å². The van der Waals surface area contributed by atoms with Gasteiger partial charge in [0.1, 0.15) is 16.7 Å². The van der Waals surface area contributed by atoms with Gasteiger partial charge in [0.25, 0.3) is 11.8 Å². The number of nitrogens with two attached hydrogens (primary N) is 2. The maximum atomic E-state index is 14.3. The Morgan fingerprint density at radius 3 is 2.51 bits per heavy atom. The first-order valence-electron chi connectivity index (χ1n) is 12.4. The number of ether oxygens (including phenoxy) is 1. The predicted octanol–water partition coefficient (Wildman–Crippen LogP) is 4.00. The molecule has 39 heavy (non-hydrogen) atoms. The van der Waals surface area contributed by atoms with Crippen LogP contribution in [0.1, 0.15) is 64.5 Å². The van der Waals surface area contributed by atoms with Gasteiger partial charge in [0.15, 0.2) is 5.69 Å². The van der Waals surface area contributed by atoms with Gasteiger partial charge in [-0.3, -0.25) is 14.4 Å². The van der Waals surface area contributed by atoms with Crippen molar-refractivity contribution in [3.05, 3.63) is 76.4 Å². The maximum Gasteiger partial charge on any atom is 0.270 e. The van der Waals surface area contributed by atoms with Gasteiger partial charge in [0.2, 0.25) is 5.91 Å². The van der Waals surface area contributed by atoms with E-state index in [4.69, 9.17) is 16.2 Å². The molecule has 11 heteroatoms. The Morgan fingerprint density at radius 1 is 1.15 bits per heavy atom. The number of nitrogens with one attached hydrogen (secondary N) is 2. The van der Waals surface area contributed by atoms with Crippen molar-refractivity contribution in [3.8, 4) is 5.75 Å². The topological polar surface area (TPSA) is 156 Å². The first kappa shape index (κ1) is 27.6. The Labute approximate surface area is 230 Å². The molecule has 1 unspecified atom stereocenters. The molecule has 0 aliphatic rings. The zero-order valence-corrected chi connectivity index (χ0v) is 23.1. The van der Waals surface area contributed by atoms with E-state index in [-0.39, 0.29) is 28.7 Å². The van der Waals surface area contributed by atoms with Crippen molar-refractivity contribution in [3.63, 3.8) is 0 Å². The highest BCUT2D eigenvalue weighted by atomic mass is 32.1. The van der Waals surface area contributed by atoms with Crippen LogP contribution in [0, 0.1) is 0 Å². The number of nitrogen functional groups attached to an aromatic ring is 1. The van der Waals surface area contributed by atoms with Gasteiger partial charge in [-0.05, 0) is 43.9 Å². The van der Waals surface area contributed by atoms with Crippen LogP contribution in [0.25, 0.3) is 10.9 Å². The Bertz CT molecular complexity index is 1530. The van der Waals surface area contributed by atoms with Crippen LogP contribution in [0.2, 0.25) is 0 Å². The molecule has 0 aliphatic heterocycles. The number of aromatic amines is 1. The molecule has 2 aromatic carbocycles. The summed E-state index contributed by atoms with van der Waals surface area (Å²) in [7, 11) is 1.54. The Balaban J connectivity index is 1.92. The van der Waals surface area contributed by atoms with E-state index in [1.54, 1.807) is 19.4 Å². The standard InChI is InChI=1S/C28H32N6O4S/c1-5-28(2,3)32-26(36)23(18-14-31-19-12-8-7-11-17(18)19)34(15-16-10-6-9-13-20(16)38-4)27(37)24-21(29)22(25(30)35)33-39-24/h6-14,23,31H,5,15,29H2,1-4H3,(H2,30,35)(H,32,36). The summed E-state index contributed by atoms with van der Waals surface area (Å²) in [6.45, 7) is 5.83. The smallest absolute Gasteiger partial charge is 0.270 e. The molecular formula is C28H32N6O4S. The molecule has 204 valence electrons. The fourth-order valence-corrected chi connectivity index (χ4v) is 5.08. The minimum absolute atomic E-state index is 0.0102. The molecule has 2 aromatic heterocycles. The first-order chi connectivity index (χ1) is 18.6. The van der Waals surface area contributed by atoms with Gasteiger partial charge in [0, 0.05) is 33.8 Å². The Morgan fingerprint density at radius 2 is 1.85 bits per heavy atom. The third kappa shape index (κ3) is 5.58. The number of amides is 3. The average molecular weight is 549 g/mol. The van der Waals surface area contributed by atoms with E-state index in [9.17, 15) is 14.4 Å². The number of aromatic nitrogens is 2. The minimum Gasteiger partial charge on any atom is -0.496 e. The average Bonchev–Trinajstić information content (AvgIpc) is 3.51. The van der Waals surface area contributed by atoms with E-state index in [1.807, 2.05) is 63.2 Å². The van der Waals surface area contributed by atoms with E-state index in [2.05, 4.69) is 14.7 Å². The molecular weight excluding hydrogens is 516 g/mol. The number of hydrogen-bond acceptors (Lipinski definition) is 7. The van der Waals surface area contributed by atoms with Gasteiger partial charge in [-0.2, -0.15) is 4.37 Å². The molecule has 4 rings (SSSR count). The van der Waals surface area contributed by atoms with Crippen LogP contribution in [-0.2, 0) is 11.3 Å². The van der Waals surface area contributed by atoms with Crippen LogP contribution in [0.3, 0.4) is 0 Å². The van der Waals surface area contributed by atoms with E-state index in [0.29, 0.717) is 23.3 Å². The summed E-state index contributed by atoms with van der Waals surface area (Å²) in [5, 5.41) is 3.89. The van der Waals surface area contributed by atoms with Crippen LogP contribution in [0.15, 0.2) is 54.7 Å². The molecule has 4 aromatic rings. The van der Waals surface area contributed by atoms with E-state index < -0.39 is 23.4 Å². The zero-order chi connectivity index (χ0) is 28.3. The number of carbonyl (C=O) groups excluding carboxylic acids is 3. The molecule has 10 nitrogen and oxygen atoms in total. The monoisotopic (exact) mass is 548 g/mol. The molecule has 2 heterocycles. The van der Waals surface area contributed by atoms with Gasteiger partial charge in [-0.1, -0.05) is 43.3 Å². The fourth-order valence-electron chi connectivity index (χ4n) is 4.32. The van der Waals surface area contributed by atoms with Crippen LogP contribution < -0.4 is 21.5 Å². The molecule has 6 N–H and O–H groups in total. The third-order valence-electron chi connectivity index (χ3n) is 6.77. The van der Waals surface area contributed by atoms with E-state index in [0.717, 1.165) is 22.4 Å². The molecule has 0 saturated heterocycles. The lowest BCUT2D eigenvalue weighted by Crippen LogP contribution is -2.50. The highest BCUT2D eigenvalue weighted by Gasteiger charge is 2.38. The number of H-pyrrole nitrogens is 1. The van der Waals surface area contributed by atoms with E-state index >= 15 is 0 Å². The summed E-state index contributed by atoms with van der Waals surface area (Å²) in [5.74, 6) is -1.22. The first-order valence-corrected chi connectivity index (χ1v) is 13.2. The molecule has 0 aliphatic carbocycles. The number of para-hydroxylation sites is 2. The van der Waals surface area contributed by atoms with Crippen molar-refractivity contribution in [2.24, 2.45) is 5.73 Å². The number of rotatable bonds is 10. The lowest BCUT2D eigenvalue weighted by Gasteiger charge is -2.34. The van der Waals surface area contributed by atoms with Gasteiger partial charge < -0.3 is 31.4 Å². The summed E-state index contributed by atoms with van der Waals surface area (Å²) < 4.78 is 9.56. The minimum atomic E-state index is -1.07. The van der Waals surface area contributed by atoms with Gasteiger partial charge in [-0.15, -0.1) is 0 Å². The highest BCUT2D eigenvalue weighted by molar-refractivity contribution is 7.09. The number of primary amides is 1. The van der Waals surface area contributed by atoms with E-state index in [1.165, 1.54) is 4.90 Å². The van der Waals surface area contributed by atoms with Crippen molar-refractivity contribution < 1.29 is 19.1 Å². The zero-order valence-electron chi connectivity index (χ0n) is 22.3. The number of carbonyl (C=O) groups is 3. The Kier molecular flexibility index (Phi) is 7.91. The van der Waals surface area contributed by atoms with Crippen molar-refractivity contribution in [1.82, 2.24) is 19.6 Å². The lowest BCUT2D eigenvalue weighted by molar-refractivity contribution is -0.127. The number of hydrogen-bond donors (Lipinski definition) is 4. The van der Waals surface area contributed by atoms with Crippen LogP contribution in [0.5, 0.6) is 5.75 Å². The summed E-state index contributed by atoms with van der Waals surface area (Å²) >= 11 is 0.771. The highest BCUT2D eigenvalue weighted by Crippen LogP contribution is 2.35. The number of anilines is 1. The lowest BCUT2D eigenvalue weighted by atomic mass is 9.97. The quantitative estimate of drug-likeness (QED) is 0.235. The number of nitrogens with zero attached hydrogens (tertiary/aromatic N) is 2. The van der Waals surface area contributed by atoms with Gasteiger partial charge in [-0.25, -0.2) is 0 Å². The Hall–Kier alpha value is -4.38. The summed E-state index contributed by atoms with van der Waals surface area (Å²) in [6.07, 6.45) is 2.41. The molecule has 0 bridgehead atoms. The second kappa shape index (κ2) is 11.2. The molecule has 3 amide bonds. The second-order valence-electron chi connectivity index (χ2n) is 9.80. The van der Waals surface area contributed by atoms with Crippen molar-refractivity contribution in [2.75, 3.05) is 12.8 Å². The molecule has 0 fully saturated rings. The molecule has 0 saturated carbocycles. The third-order valence-corrected chi connectivity index (χ3v) is 7.62. The predicted molar refractivity (Wildman–Crippen MR) is 151 cm³/mol. The van der Waals surface area contributed by atoms with Crippen LogP contribution >= 0.6 is 11.5 Å². The van der Waals surface area contributed by atoms with Crippen molar-refractivity contribution in [1.29, 1.82) is 0 Å². The number of methoxy groups -OCH3 is 1. The summed E-state index contributed by atoms with van der Waals surface area (Å²) in [4.78, 5) is 44.9. The largest absolute Gasteiger partial charge is 0.496 e. The molecule has 0 radical (unpaired) electrons. The van der Waals surface area contributed by atoms with Gasteiger partial charge >= 0.3 is 0 Å². The normalized spacial score (nSPS) is 12.2. The second-order valence-corrected chi connectivity index (χ2v) is 10.6. The van der Waals surface area contributed by atoms with Crippen molar-refractivity contribution >= 4 is 45.8 Å². The van der Waals surface area contributed by atoms with Crippen LogP contribution in [-0.4, -0.2) is 44.6 Å². The number of fused-ring (bicyclic) bond motifs is 1. The fraction of sp³-hybridized carbons (Fsp3) is 0.286. The number of benzene rings is 2. The van der Waals surface area contributed by atoms with Crippen LogP contribution in [0.4, 0.5) is 5.69 Å². The van der Waals surface area contributed by atoms with Gasteiger partial charge in [0.05, 0.1) is 19.3 Å². The maximum absolute atomic E-state index is 14.3. The SMILES string of the molecule is CCC(C)(C)NC(=O)C(c1c[nH]c2ccccc12)N(Cc1ccccc1OC)C(=O)c1snc(C(N)=O)c1N. The summed E-state index contributed by atoms with van der Waals surface area (Å²) in [5.41, 5.74) is 12.9. The molecule has 1 atom stereocenters. The summed E-state index contributed by atoms with van der Waals surface area (Å²) in [6, 6.07) is 13.7. The molecule has 0 spiro atoms.